The summed E-state index contributed by atoms with van der Waals surface area (Å²) in [6.45, 7) is 2.63. The van der Waals surface area contributed by atoms with E-state index in [0.29, 0.717) is 23.2 Å². The topological polar surface area (TPSA) is 47.8 Å². The van der Waals surface area contributed by atoms with E-state index in [2.05, 4.69) is 10.1 Å². The minimum absolute atomic E-state index is 0.161. The summed E-state index contributed by atoms with van der Waals surface area (Å²) in [4.78, 5) is 14.7. The van der Waals surface area contributed by atoms with Gasteiger partial charge in [0.1, 0.15) is 5.82 Å². The Morgan fingerprint density at radius 2 is 2.06 bits per heavy atom. The van der Waals surface area contributed by atoms with Gasteiger partial charge >= 0.3 is 0 Å². The van der Waals surface area contributed by atoms with E-state index in [0.717, 1.165) is 5.56 Å². The Kier molecular flexibility index (Phi) is 3.54. The number of hydrogen-bond donors (Lipinski definition) is 0. The van der Waals surface area contributed by atoms with Crippen LogP contribution in [-0.4, -0.2) is 21.1 Å². The van der Waals surface area contributed by atoms with E-state index in [9.17, 15) is 4.79 Å². The molecule has 0 saturated heterocycles. The van der Waals surface area contributed by atoms with Crippen LogP contribution in [0.2, 0.25) is 5.02 Å². The largest absolute Gasteiger partial charge is 0.290 e. The fourth-order valence-corrected chi connectivity index (χ4v) is 1.67. The summed E-state index contributed by atoms with van der Waals surface area (Å²) < 4.78 is 1.70. The van der Waals surface area contributed by atoms with Gasteiger partial charge in [0.15, 0.2) is 5.82 Å². The number of aromatic nitrogens is 3. The van der Waals surface area contributed by atoms with Gasteiger partial charge in [-0.05, 0) is 31.2 Å². The Bertz CT molecular complexity index is 519. The molecule has 0 aliphatic carbocycles. The molecule has 17 heavy (non-hydrogen) atoms. The van der Waals surface area contributed by atoms with Crippen LogP contribution in [0.3, 0.4) is 0 Å². The Morgan fingerprint density at radius 3 is 2.65 bits per heavy atom. The maximum Gasteiger partial charge on any atom is 0.206 e. The molecule has 1 aromatic heterocycles. The van der Waals surface area contributed by atoms with Crippen molar-refractivity contribution in [3.05, 3.63) is 35.1 Å². The van der Waals surface area contributed by atoms with Crippen LogP contribution in [0.1, 0.15) is 12.7 Å². The standard InChI is InChI=1S/C12H11ClN3O/c1-2-16-11(7-8-17)14-12(15-16)9-3-5-10(13)6-4-9/h3-6H,2,7H2,1H3. The van der Waals surface area contributed by atoms with Crippen LogP contribution in [0.4, 0.5) is 0 Å². The highest BCUT2D eigenvalue weighted by atomic mass is 35.5. The molecule has 0 bridgehead atoms. The van der Waals surface area contributed by atoms with Crippen molar-refractivity contribution in [2.24, 2.45) is 0 Å². The summed E-state index contributed by atoms with van der Waals surface area (Å²) in [5, 5.41) is 5.00. The molecule has 1 radical (unpaired) electrons. The van der Waals surface area contributed by atoms with E-state index in [4.69, 9.17) is 11.6 Å². The molecule has 0 unspecified atom stereocenters. The molecule has 0 fully saturated rings. The predicted octanol–water partition coefficient (Wildman–Crippen LogP) is 2.27. The number of benzene rings is 1. The minimum Gasteiger partial charge on any atom is -0.290 e. The molecule has 4 nitrogen and oxygen atoms in total. The lowest BCUT2D eigenvalue weighted by Gasteiger charge is -1.96. The summed E-state index contributed by atoms with van der Waals surface area (Å²) in [5.41, 5.74) is 0.883. The highest BCUT2D eigenvalue weighted by molar-refractivity contribution is 6.30. The number of aryl methyl sites for hydroxylation is 1. The number of rotatable bonds is 4. The molecule has 1 heterocycles. The average molecular weight is 249 g/mol. The molecule has 1 aromatic carbocycles. The zero-order valence-corrected chi connectivity index (χ0v) is 10.1. The van der Waals surface area contributed by atoms with Crippen LogP contribution in [0.15, 0.2) is 24.3 Å². The first-order valence-electron chi connectivity index (χ1n) is 5.29. The van der Waals surface area contributed by atoms with Crippen molar-refractivity contribution >= 4 is 17.9 Å². The first kappa shape index (κ1) is 11.8. The molecule has 0 saturated carbocycles. The van der Waals surface area contributed by atoms with E-state index >= 15 is 0 Å². The zero-order valence-electron chi connectivity index (χ0n) is 9.35. The van der Waals surface area contributed by atoms with E-state index < -0.39 is 0 Å². The van der Waals surface area contributed by atoms with Crippen molar-refractivity contribution in [2.75, 3.05) is 0 Å². The van der Waals surface area contributed by atoms with Gasteiger partial charge in [-0.15, -0.1) is 0 Å². The molecule has 2 rings (SSSR count). The van der Waals surface area contributed by atoms with E-state index in [1.807, 2.05) is 25.3 Å². The van der Waals surface area contributed by atoms with Gasteiger partial charge in [0.05, 0.1) is 6.42 Å². The van der Waals surface area contributed by atoms with Gasteiger partial charge in [-0.1, -0.05) is 11.6 Å². The van der Waals surface area contributed by atoms with Crippen molar-refractivity contribution < 1.29 is 4.79 Å². The molecular formula is C12H11ClN3O. The molecule has 0 N–H and O–H groups in total. The van der Waals surface area contributed by atoms with Crippen molar-refractivity contribution in [1.82, 2.24) is 14.8 Å². The Balaban J connectivity index is 2.38. The number of carbonyl (C=O) groups excluding carboxylic acids is 1. The maximum absolute atomic E-state index is 10.4. The highest BCUT2D eigenvalue weighted by Gasteiger charge is 2.10. The van der Waals surface area contributed by atoms with Crippen LogP contribution in [0.25, 0.3) is 11.4 Å². The van der Waals surface area contributed by atoms with Gasteiger partial charge in [-0.25, -0.2) is 9.67 Å². The van der Waals surface area contributed by atoms with E-state index in [1.54, 1.807) is 16.8 Å². The SMILES string of the molecule is CCn1nc(-c2ccc(Cl)cc2)nc1C[C]=O. The Morgan fingerprint density at radius 1 is 1.35 bits per heavy atom. The van der Waals surface area contributed by atoms with Gasteiger partial charge in [0, 0.05) is 17.1 Å². The smallest absolute Gasteiger partial charge is 0.206 e. The molecule has 2 aromatic rings. The van der Waals surface area contributed by atoms with Gasteiger partial charge in [-0.3, -0.25) is 4.79 Å². The lowest BCUT2D eigenvalue weighted by atomic mass is 10.2. The van der Waals surface area contributed by atoms with Crippen molar-refractivity contribution in [2.45, 2.75) is 19.9 Å². The molecule has 0 aliphatic rings. The van der Waals surface area contributed by atoms with Crippen LogP contribution in [-0.2, 0) is 17.8 Å². The summed E-state index contributed by atoms with van der Waals surface area (Å²) in [5.74, 6) is 1.24. The molecule has 0 spiro atoms. The molecule has 0 atom stereocenters. The minimum atomic E-state index is 0.161. The molecule has 0 aliphatic heterocycles. The molecule has 0 amide bonds. The Hall–Kier alpha value is -1.68. The third-order valence-electron chi connectivity index (χ3n) is 2.38. The first-order valence-corrected chi connectivity index (χ1v) is 5.67. The monoisotopic (exact) mass is 248 g/mol. The predicted molar refractivity (Wildman–Crippen MR) is 65.5 cm³/mol. The fourth-order valence-electron chi connectivity index (χ4n) is 1.54. The summed E-state index contributed by atoms with van der Waals surface area (Å²) in [7, 11) is 0. The number of hydrogen-bond acceptors (Lipinski definition) is 3. The quantitative estimate of drug-likeness (QED) is 0.834. The fraction of sp³-hybridized carbons (Fsp3) is 0.250. The van der Waals surface area contributed by atoms with Gasteiger partial charge in [0.25, 0.3) is 0 Å². The van der Waals surface area contributed by atoms with Crippen LogP contribution < -0.4 is 0 Å². The van der Waals surface area contributed by atoms with Crippen molar-refractivity contribution in [3.63, 3.8) is 0 Å². The second-order valence-electron chi connectivity index (χ2n) is 3.50. The maximum atomic E-state index is 10.4. The second kappa shape index (κ2) is 5.10. The number of halogens is 1. The van der Waals surface area contributed by atoms with Crippen molar-refractivity contribution in [3.8, 4) is 11.4 Å². The molecule has 87 valence electrons. The summed E-state index contributed by atoms with van der Waals surface area (Å²) in [6, 6.07) is 7.28. The first-order chi connectivity index (χ1) is 8.24. The lowest BCUT2D eigenvalue weighted by molar-refractivity contribution is 0.549. The van der Waals surface area contributed by atoms with Crippen LogP contribution >= 0.6 is 11.6 Å². The summed E-state index contributed by atoms with van der Waals surface area (Å²) in [6.07, 6.45) is 2.00. The Labute approximate surface area is 104 Å². The third-order valence-corrected chi connectivity index (χ3v) is 2.63. The lowest BCUT2D eigenvalue weighted by Crippen LogP contribution is -2.03. The second-order valence-corrected chi connectivity index (χ2v) is 3.93. The van der Waals surface area contributed by atoms with Gasteiger partial charge in [-0.2, -0.15) is 5.10 Å². The van der Waals surface area contributed by atoms with E-state index in [-0.39, 0.29) is 6.42 Å². The van der Waals surface area contributed by atoms with Gasteiger partial charge in [0.2, 0.25) is 6.29 Å². The molecule has 5 heteroatoms. The third kappa shape index (κ3) is 2.53. The normalized spacial score (nSPS) is 10.5. The van der Waals surface area contributed by atoms with Crippen LogP contribution in [0.5, 0.6) is 0 Å². The van der Waals surface area contributed by atoms with Crippen molar-refractivity contribution in [1.29, 1.82) is 0 Å². The van der Waals surface area contributed by atoms with Crippen LogP contribution in [0, 0.1) is 0 Å². The summed E-state index contributed by atoms with van der Waals surface area (Å²) >= 11 is 5.82. The highest BCUT2D eigenvalue weighted by Crippen LogP contribution is 2.18. The molecular weight excluding hydrogens is 238 g/mol. The zero-order chi connectivity index (χ0) is 12.3. The van der Waals surface area contributed by atoms with Gasteiger partial charge < -0.3 is 0 Å². The number of nitrogens with zero attached hydrogens (tertiary/aromatic N) is 3. The van der Waals surface area contributed by atoms with E-state index in [1.165, 1.54) is 0 Å². The average Bonchev–Trinajstić information content (AvgIpc) is 2.74.